The van der Waals surface area contributed by atoms with Gasteiger partial charge in [0.05, 0.1) is 10.0 Å². The molecule has 1 aromatic heterocycles. The molecule has 7 heteroatoms. The minimum atomic E-state index is -0.473. The van der Waals surface area contributed by atoms with Crippen molar-refractivity contribution < 1.29 is 9.59 Å². The molecule has 1 amide bonds. The Hall–Kier alpha value is -2.11. The standard InChI is InChI=1S/C18H16Cl2N2O3/c1-22(9-10-5-6-13(19)14(20)7-10)18(25)12-8-11-15(21-17(12)24)3-2-4-16(11)23/h5-8H,2-4,9H2,1H3,(H,21,24). The van der Waals surface area contributed by atoms with E-state index in [2.05, 4.69) is 4.98 Å². The molecule has 2 aromatic rings. The first-order valence-electron chi connectivity index (χ1n) is 7.85. The normalized spacial score (nSPS) is 13.5. The lowest BCUT2D eigenvalue weighted by Gasteiger charge is -2.19. The van der Waals surface area contributed by atoms with Crippen LogP contribution >= 0.6 is 23.2 Å². The number of benzene rings is 1. The molecule has 0 atom stereocenters. The van der Waals surface area contributed by atoms with Gasteiger partial charge in [0.2, 0.25) is 0 Å². The number of hydrogen-bond acceptors (Lipinski definition) is 3. The molecular formula is C18H16Cl2N2O3. The lowest BCUT2D eigenvalue weighted by atomic mass is 9.93. The molecule has 130 valence electrons. The van der Waals surface area contributed by atoms with E-state index in [1.807, 2.05) is 0 Å². The Morgan fingerprint density at radius 1 is 1.16 bits per heavy atom. The second-order valence-corrected chi connectivity index (χ2v) is 6.91. The summed E-state index contributed by atoms with van der Waals surface area (Å²) in [7, 11) is 1.59. The minimum absolute atomic E-state index is 0.0310. The summed E-state index contributed by atoms with van der Waals surface area (Å²) >= 11 is 11.9. The van der Waals surface area contributed by atoms with Gasteiger partial charge in [0.1, 0.15) is 5.56 Å². The van der Waals surface area contributed by atoms with E-state index in [0.29, 0.717) is 40.6 Å². The van der Waals surface area contributed by atoms with Crippen LogP contribution in [-0.2, 0) is 13.0 Å². The highest BCUT2D eigenvalue weighted by Crippen LogP contribution is 2.23. The number of pyridine rings is 1. The summed E-state index contributed by atoms with van der Waals surface area (Å²) in [5.41, 5.74) is 1.34. The third-order valence-corrected chi connectivity index (χ3v) is 4.97. The maximum Gasteiger partial charge on any atom is 0.261 e. The number of carbonyl (C=O) groups excluding carboxylic acids is 2. The van der Waals surface area contributed by atoms with Crippen molar-refractivity contribution in [3.8, 4) is 0 Å². The lowest BCUT2D eigenvalue weighted by Crippen LogP contribution is -2.33. The first-order valence-corrected chi connectivity index (χ1v) is 8.61. The molecule has 0 saturated heterocycles. The van der Waals surface area contributed by atoms with Crippen LogP contribution in [0.15, 0.2) is 29.1 Å². The van der Waals surface area contributed by atoms with Crippen LogP contribution in [0.4, 0.5) is 0 Å². The summed E-state index contributed by atoms with van der Waals surface area (Å²) in [6.07, 6.45) is 1.79. The number of amides is 1. The van der Waals surface area contributed by atoms with Gasteiger partial charge >= 0.3 is 0 Å². The van der Waals surface area contributed by atoms with Gasteiger partial charge in [0.25, 0.3) is 11.5 Å². The molecule has 3 rings (SSSR count). The quantitative estimate of drug-likeness (QED) is 0.888. The molecule has 1 aliphatic carbocycles. The van der Waals surface area contributed by atoms with Crippen LogP contribution in [0.5, 0.6) is 0 Å². The lowest BCUT2D eigenvalue weighted by molar-refractivity contribution is 0.0783. The van der Waals surface area contributed by atoms with Crippen molar-refractivity contribution in [1.29, 1.82) is 0 Å². The molecule has 25 heavy (non-hydrogen) atoms. The summed E-state index contributed by atoms with van der Waals surface area (Å²) in [6, 6.07) is 6.51. The molecule has 1 aromatic carbocycles. The Bertz CT molecular complexity index is 921. The summed E-state index contributed by atoms with van der Waals surface area (Å²) in [4.78, 5) is 41.0. The van der Waals surface area contributed by atoms with Gasteiger partial charge < -0.3 is 9.88 Å². The van der Waals surface area contributed by atoms with Crippen molar-refractivity contribution in [2.24, 2.45) is 0 Å². The Balaban J connectivity index is 1.87. The van der Waals surface area contributed by atoms with Gasteiger partial charge in [-0.05, 0) is 36.6 Å². The van der Waals surface area contributed by atoms with Crippen LogP contribution in [-0.4, -0.2) is 28.6 Å². The molecule has 0 saturated carbocycles. The largest absolute Gasteiger partial charge is 0.337 e. The molecule has 5 nitrogen and oxygen atoms in total. The summed E-state index contributed by atoms with van der Waals surface area (Å²) in [6.45, 7) is 0.264. The van der Waals surface area contributed by atoms with E-state index >= 15 is 0 Å². The number of halogens is 2. The smallest absolute Gasteiger partial charge is 0.261 e. The molecule has 1 heterocycles. The zero-order valence-corrected chi connectivity index (χ0v) is 15.1. The fraction of sp³-hybridized carbons (Fsp3) is 0.278. The fourth-order valence-electron chi connectivity index (χ4n) is 2.92. The van der Waals surface area contributed by atoms with Crippen molar-refractivity contribution in [3.05, 3.63) is 67.0 Å². The van der Waals surface area contributed by atoms with Crippen LogP contribution in [0.2, 0.25) is 10.0 Å². The number of nitrogens with zero attached hydrogens (tertiary/aromatic N) is 1. The fourth-order valence-corrected chi connectivity index (χ4v) is 3.24. The number of ketones is 1. The summed E-state index contributed by atoms with van der Waals surface area (Å²) in [5.74, 6) is -0.493. The Morgan fingerprint density at radius 3 is 2.64 bits per heavy atom. The number of rotatable bonds is 3. The van der Waals surface area contributed by atoms with E-state index in [1.165, 1.54) is 11.0 Å². The second-order valence-electron chi connectivity index (χ2n) is 6.09. The van der Waals surface area contributed by atoms with Gasteiger partial charge in [-0.1, -0.05) is 29.3 Å². The highest BCUT2D eigenvalue weighted by atomic mass is 35.5. The number of nitrogens with one attached hydrogen (secondary N) is 1. The predicted molar refractivity (Wildman–Crippen MR) is 96.6 cm³/mol. The van der Waals surface area contributed by atoms with Gasteiger partial charge in [0, 0.05) is 31.3 Å². The molecule has 0 bridgehead atoms. The Labute approximate surface area is 154 Å². The van der Waals surface area contributed by atoms with Crippen LogP contribution in [0.25, 0.3) is 0 Å². The Morgan fingerprint density at radius 2 is 1.92 bits per heavy atom. The van der Waals surface area contributed by atoms with Crippen LogP contribution in [0.1, 0.15) is 44.8 Å². The number of aromatic amines is 1. The van der Waals surface area contributed by atoms with E-state index in [9.17, 15) is 14.4 Å². The summed E-state index contributed by atoms with van der Waals surface area (Å²) in [5, 5.41) is 0.835. The average molecular weight is 379 g/mol. The SMILES string of the molecule is CN(Cc1ccc(Cl)c(Cl)c1)C(=O)c1cc2c([nH]c1=O)CCCC2=O. The van der Waals surface area contributed by atoms with Gasteiger partial charge in [0.15, 0.2) is 5.78 Å². The van der Waals surface area contributed by atoms with Gasteiger partial charge in [-0.3, -0.25) is 14.4 Å². The number of aromatic nitrogens is 1. The molecule has 0 aliphatic heterocycles. The van der Waals surface area contributed by atoms with Gasteiger partial charge in [-0.2, -0.15) is 0 Å². The van der Waals surface area contributed by atoms with Gasteiger partial charge in [-0.15, -0.1) is 0 Å². The Kier molecular flexibility index (Phi) is 4.97. The number of fused-ring (bicyclic) bond motifs is 1. The molecule has 1 aliphatic rings. The van der Waals surface area contributed by atoms with E-state index in [1.54, 1.807) is 25.2 Å². The number of carbonyl (C=O) groups is 2. The third kappa shape index (κ3) is 3.62. The number of hydrogen-bond donors (Lipinski definition) is 1. The number of aryl methyl sites for hydroxylation is 1. The molecule has 0 spiro atoms. The van der Waals surface area contributed by atoms with Crippen molar-refractivity contribution in [1.82, 2.24) is 9.88 Å². The second kappa shape index (κ2) is 7.02. The topological polar surface area (TPSA) is 70.2 Å². The molecular weight excluding hydrogens is 363 g/mol. The predicted octanol–water partition coefficient (Wildman–Crippen LogP) is 3.47. The van der Waals surface area contributed by atoms with Crippen LogP contribution in [0.3, 0.4) is 0 Å². The van der Waals surface area contributed by atoms with Crippen LogP contribution < -0.4 is 5.56 Å². The average Bonchev–Trinajstić information content (AvgIpc) is 2.57. The highest BCUT2D eigenvalue weighted by molar-refractivity contribution is 6.42. The van der Waals surface area contributed by atoms with Crippen molar-refractivity contribution in [2.75, 3.05) is 7.05 Å². The number of H-pyrrole nitrogens is 1. The molecule has 0 radical (unpaired) electrons. The monoisotopic (exact) mass is 378 g/mol. The third-order valence-electron chi connectivity index (χ3n) is 4.23. The first kappa shape index (κ1) is 17.7. The highest BCUT2D eigenvalue weighted by Gasteiger charge is 2.23. The van der Waals surface area contributed by atoms with E-state index < -0.39 is 11.5 Å². The minimum Gasteiger partial charge on any atom is -0.337 e. The summed E-state index contributed by atoms with van der Waals surface area (Å²) < 4.78 is 0. The molecule has 0 unspecified atom stereocenters. The zero-order chi connectivity index (χ0) is 18.1. The van der Waals surface area contributed by atoms with Crippen molar-refractivity contribution in [2.45, 2.75) is 25.8 Å². The zero-order valence-electron chi connectivity index (χ0n) is 13.6. The van der Waals surface area contributed by atoms with E-state index in [-0.39, 0.29) is 17.9 Å². The van der Waals surface area contributed by atoms with Crippen molar-refractivity contribution >= 4 is 34.9 Å². The van der Waals surface area contributed by atoms with Crippen LogP contribution in [0, 0.1) is 0 Å². The van der Waals surface area contributed by atoms with E-state index in [0.717, 1.165) is 5.56 Å². The molecule has 0 fully saturated rings. The maximum atomic E-state index is 12.6. The maximum absolute atomic E-state index is 12.6. The van der Waals surface area contributed by atoms with Crippen molar-refractivity contribution in [3.63, 3.8) is 0 Å². The van der Waals surface area contributed by atoms with Gasteiger partial charge in [-0.25, -0.2) is 0 Å². The van der Waals surface area contributed by atoms with E-state index in [4.69, 9.17) is 23.2 Å². The number of Topliss-reactive ketones (excluding diaryl/α,β-unsaturated/α-hetero) is 1. The first-order chi connectivity index (χ1) is 11.9. The molecule has 1 N–H and O–H groups in total.